The fraction of sp³-hybridized carbons (Fsp3) is 0. The van der Waals surface area contributed by atoms with E-state index in [0.717, 1.165) is 4.09 Å². The molecule has 0 unspecified atom stereocenters. The van der Waals surface area contributed by atoms with Gasteiger partial charge in [-0.1, -0.05) is 23.4 Å². The molecule has 0 fully saturated rings. The zero-order chi connectivity index (χ0) is 14.2. The minimum Gasteiger partial charge on any atom is -0.199 e. The number of nitrogens with zero attached hydrogens (tertiary/aromatic N) is 4. The Bertz CT molecular complexity index is 924. The molecule has 98 valence electrons. The number of rotatable bonds is 2. The number of aromatic nitrogens is 3. The largest absolute Gasteiger partial charge is 0.284 e. The molecule has 0 saturated carbocycles. The van der Waals surface area contributed by atoms with Crippen LogP contribution in [0.1, 0.15) is 5.56 Å². The average molecular weight is 284 g/mol. The highest BCUT2D eigenvalue weighted by Crippen LogP contribution is 2.19. The number of fused-ring (bicyclic) bond motifs is 1. The molecule has 20 heavy (non-hydrogen) atoms. The van der Waals surface area contributed by atoms with Gasteiger partial charge in [-0.15, -0.1) is 9.19 Å². The van der Waals surface area contributed by atoms with E-state index in [9.17, 15) is 8.42 Å². The number of hydrogen-bond acceptors (Lipinski definition) is 5. The molecule has 0 bridgehead atoms. The molecule has 0 saturated heterocycles. The van der Waals surface area contributed by atoms with Crippen molar-refractivity contribution in [3.63, 3.8) is 0 Å². The molecule has 0 radical (unpaired) electrons. The summed E-state index contributed by atoms with van der Waals surface area (Å²) >= 11 is 0. The topological polar surface area (TPSA) is 88.6 Å². The fourth-order valence-corrected chi connectivity index (χ4v) is 3.09. The van der Waals surface area contributed by atoms with Gasteiger partial charge in [0.2, 0.25) is 0 Å². The van der Waals surface area contributed by atoms with Crippen LogP contribution < -0.4 is 0 Å². The molecule has 0 aliphatic carbocycles. The molecule has 1 heterocycles. The van der Waals surface area contributed by atoms with Crippen molar-refractivity contribution in [1.29, 1.82) is 5.26 Å². The fourth-order valence-electron chi connectivity index (χ4n) is 1.84. The van der Waals surface area contributed by atoms with Crippen LogP contribution in [0.15, 0.2) is 53.4 Å². The highest BCUT2D eigenvalue weighted by atomic mass is 32.2. The van der Waals surface area contributed by atoms with Gasteiger partial charge in [0.25, 0.3) is 10.0 Å². The summed E-state index contributed by atoms with van der Waals surface area (Å²) in [5.41, 5.74) is 1.11. The minimum atomic E-state index is -3.78. The Kier molecular flexibility index (Phi) is 2.73. The molecule has 3 aromatic rings. The number of benzene rings is 2. The summed E-state index contributed by atoms with van der Waals surface area (Å²) in [6, 6.07) is 14.5. The zero-order valence-electron chi connectivity index (χ0n) is 10.1. The van der Waals surface area contributed by atoms with E-state index >= 15 is 0 Å². The van der Waals surface area contributed by atoms with Crippen molar-refractivity contribution in [2.75, 3.05) is 0 Å². The second-order valence-electron chi connectivity index (χ2n) is 4.07. The number of hydrogen-bond donors (Lipinski definition) is 0. The van der Waals surface area contributed by atoms with Crippen molar-refractivity contribution >= 4 is 21.1 Å². The van der Waals surface area contributed by atoms with Crippen LogP contribution in [-0.2, 0) is 10.0 Å². The maximum absolute atomic E-state index is 12.5. The van der Waals surface area contributed by atoms with Gasteiger partial charge in [0.05, 0.1) is 16.5 Å². The highest BCUT2D eigenvalue weighted by molar-refractivity contribution is 7.90. The lowest BCUT2D eigenvalue weighted by Gasteiger charge is -2.04. The third-order valence-electron chi connectivity index (χ3n) is 2.81. The van der Waals surface area contributed by atoms with E-state index in [2.05, 4.69) is 10.3 Å². The van der Waals surface area contributed by atoms with E-state index in [1.807, 2.05) is 6.07 Å². The molecule has 0 spiro atoms. The molecule has 0 atom stereocenters. The third-order valence-corrected chi connectivity index (χ3v) is 4.41. The van der Waals surface area contributed by atoms with Gasteiger partial charge < -0.3 is 0 Å². The van der Waals surface area contributed by atoms with Crippen molar-refractivity contribution in [3.8, 4) is 6.07 Å². The molecular weight excluding hydrogens is 276 g/mol. The lowest BCUT2D eigenvalue weighted by atomic mass is 10.2. The zero-order valence-corrected chi connectivity index (χ0v) is 10.9. The van der Waals surface area contributed by atoms with E-state index in [1.54, 1.807) is 18.2 Å². The van der Waals surface area contributed by atoms with Crippen molar-refractivity contribution < 1.29 is 8.42 Å². The third kappa shape index (κ3) is 1.83. The molecule has 7 heteroatoms. The quantitative estimate of drug-likeness (QED) is 0.712. The van der Waals surface area contributed by atoms with Crippen LogP contribution in [-0.4, -0.2) is 22.8 Å². The summed E-state index contributed by atoms with van der Waals surface area (Å²) in [6.07, 6.45) is 0. The van der Waals surface area contributed by atoms with Crippen LogP contribution in [0.3, 0.4) is 0 Å². The number of nitriles is 1. The van der Waals surface area contributed by atoms with Gasteiger partial charge in [0, 0.05) is 0 Å². The second kappa shape index (κ2) is 4.43. The Morgan fingerprint density at radius 1 is 1.10 bits per heavy atom. The predicted molar refractivity (Wildman–Crippen MR) is 71.3 cm³/mol. The summed E-state index contributed by atoms with van der Waals surface area (Å²) in [5.74, 6) is 0. The van der Waals surface area contributed by atoms with Crippen LogP contribution in [0.2, 0.25) is 0 Å². The monoisotopic (exact) mass is 284 g/mol. The molecule has 0 N–H and O–H groups in total. The first-order valence-electron chi connectivity index (χ1n) is 5.69. The summed E-state index contributed by atoms with van der Waals surface area (Å²) in [6.45, 7) is 0. The van der Waals surface area contributed by atoms with Gasteiger partial charge in [-0.2, -0.15) is 13.7 Å². The summed E-state index contributed by atoms with van der Waals surface area (Å²) in [4.78, 5) is 0.135. The standard InChI is InChI=1S/C13H8N4O2S/c14-9-10-6-7-13-12(8-10)15-16-17(13)20(18,19)11-4-2-1-3-5-11/h1-8H. The van der Waals surface area contributed by atoms with Gasteiger partial charge in [-0.05, 0) is 30.3 Å². The van der Waals surface area contributed by atoms with Crippen molar-refractivity contribution in [3.05, 3.63) is 54.1 Å². The molecule has 0 aliphatic heterocycles. The maximum atomic E-state index is 12.5. The summed E-state index contributed by atoms with van der Waals surface area (Å²) in [5, 5.41) is 16.3. The van der Waals surface area contributed by atoms with Gasteiger partial charge in [0.1, 0.15) is 11.0 Å². The average Bonchev–Trinajstić information content (AvgIpc) is 2.91. The van der Waals surface area contributed by atoms with Crippen molar-refractivity contribution in [2.45, 2.75) is 4.90 Å². The Morgan fingerprint density at radius 3 is 2.55 bits per heavy atom. The Balaban J connectivity index is 2.23. The Labute approximate surface area is 114 Å². The lowest BCUT2D eigenvalue weighted by Crippen LogP contribution is -2.14. The van der Waals surface area contributed by atoms with E-state index in [-0.39, 0.29) is 4.90 Å². The van der Waals surface area contributed by atoms with E-state index in [1.165, 1.54) is 30.3 Å². The first-order chi connectivity index (χ1) is 9.63. The minimum absolute atomic E-state index is 0.135. The smallest absolute Gasteiger partial charge is 0.199 e. The van der Waals surface area contributed by atoms with E-state index < -0.39 is 10.0 Å². The highest BCUT2D eigenvalue weighted by Gasteiger charge is 2.20. The molecule has 6 nitrogen and oxygen atoms in total. The van der Waals surface area contributed by atoms with Crippen LogP contribution >= 0.6 is 0 Å². The van der Waals surface area contributed by atoms with Gasteiger partial charge in [-0.3, -0.25) is 0 Å². The van der Waals surface area contributed by atoms with Crippen LogP contribution in [0.25, 0.3) is 11.0 Å². The Morgan fingerprint density at radius 2 is 1.85 bits per heavy atom. The Hall–Kier alpha value is -2.72. The van der Waals surface area contributed by atoms with Gasteiger partial charge in [0.15, 0.2) is 0 Å². The van der Waals surface area contributed by atoms with Crippen LogP contribution in [0.4, 0.5) is 0 Å². The summed E-state index contributed by atoms with van der Waals surface area (Å²) < 4.78 is 25.8. The lowest BCUT2D eigenvalue weighted by molar-refractivity contribution is 0.579. The maximum Gasteiger partial charge on any atom is 0.284 e. The molecule has 0 amide bonds. The molecule has 3 rings (SSSR count). The molecule has 0 aliphatic rings. The first-order valence-corrected chi connectivity index (χ1v) is 7.13. The molecule has 2 aromatic carbocycles. The SMILES string of the molecule is N#Cc1ccc2c(c1)nnn2S(=O)(=O)c1ccccc1. The predicted octanol–water partition coefficient (Wildman–Crippen LogP) is 1.54. The van der Waals surface area contributed by atoms with Crippen molar-refractivity contribution in [2.24, 2.45) is 0 Å². The van der Waals surface area contributed by atoms with Crippen LogP contribution in [0, 0.1) is 11.3 Å². The van der Waals surface area contributed by atoms with Gasteiger partial charge in [-0.25, -0.2) is 0 Å². The van der Waals surface area contributed by atoms with E-state index in [0.29, 0.717) is 16.6 Å². The molecule has 1 aromatic heterocycles. The van der Waals surface area contributed by atoms with E-state index in [4.69, 9.17) is 5.26 Å². The van der Waals surface area contributed by atoms with Gasteiger partial charge >= 0.3 is 0 Å². The van der Waals surface area contributed by atoms with Crippen LogP contribution in [0.5, 0.6) is 0 Å². The van der Waals surface area contributed by atoms with Crippen molar-refractivity contribution in [1.82, 2.24) is 14.4 Å². The second-order valence-corrected chi connectivity index (χ2v) is 5.83. The first kappa shape index (κ1) is 12.3. The summed E-state index contributed by atoms with van der Waals surface area (Å²) in [7, 11) is -3.78. The molecular formula is C13H8N4O2S. The normalized spacial score (nSPS) is 11.3.